The number of rotatable bonds is 4. The number of carbonyl (C=O) groups is 3. The van der Waals surface area contributed by atoms with E-state index in [9.17, 15) is 39.9 Å². The number of aromatic hydroxyl groups is 1. The van der Waals surface area contributed by atoms with Crippen LogP contribution in [0.2, 0.25) is 0 Å². The molecule has 9 N–H and O–H groups in total. The number of phenolic OH excluding ortho intramolecular Hbond substituents is 1. The summed E-state index contributed by atoms with van der Waals surface area (Å²) in [5, 5.41) is 64.0. The van der Waals surface area contributed by atoms with Gasteiger partial charge < -0.3 is 41.9 Å². The van der Waals surface area contributed by atoms with Crippen molar-refractivity contribution in [3.8, 4) is 5.75 Å². The van der Waals surface area contributed by atoms with Crippen LogP contribution >= 0.6 is 0 Å². The van der Waals surface area contributed by atoms with Gasteiger partial charge in [-0.25, -0.2) is 0 Å². The molecule has 1 heterocycles. The first-order valence-electron chi connectivity index (χ1n) is 13.9. The smallest absolute Gasteiger partial charge is 0.255 e. The van der Waals surface area contributed by atoms with Crippen LogP contribution in [0.15, 0.2) is 29.0 Å². The van der Waals surface area contributed by atoms with E-state index in [2.05, 4.69) is 38.3 Å². The number of ketones is 2. The van der Waals surface area contributed by atoms with Crippen molar-refractivity contribution in [2.75, 3.05) is 19.4 Å². The summed E-state index contributed by atoms with van der Waals surface area (Å²) in [4.78, 5) is 40.7. The van der Waals surface area contributed by atoms with Crippen LogP contribution in [0.5, 0.6) is 5.75 Å². The van der Waals surface area contributed by atoms with Gasteiger partial charge in [-0.15, -0.1) is 0 Å². The van der Waals surface area contributed by atoms with Crippen molar-refractivity contribution < 1.29 is 39.9 Å². The molecule has 0 unspecified atom stereocenters. The van der Waals surface area contributed by atoms with Crippen molar-refractivity contribution in [2.45, 2.75) is 75.4 Å². The number of primary amides is 1. The predicted molar refractivity (Wildman–Crippen MR) is 153 cm³/mol. The lowest BCUT2D eigenvalue weighted by Crippen LogP contribution is -2.70. The van der Waals surface area contributed by atoms with E-state index in [1.54, 1.807) is 12.1 Å². The maximum absolute atomic E-state index is 14.0. The van der Waals surface area contributed by atoms with Gasteiger partial charge in [0, 0.05) is 35.0 Å². The first-order chi connectivity index (χ1) is 19.3. The number of piperidine rings is 1. The lowest BCUT2D eigenvalue weighted by Gasteiger charge is -2.52. The Labute approximate surface area is 243 Å². The second-order valence-electron chi connectivity index (χ2n) is 13.5. The summed E-state index contributed by atoms with van der Waals surface area (Å²) in [6, 6.07) is 1.85. The molecule has 0 spiro atoms. The first-order valence-corrected chi connectivity index (χ1v) is 13.9. The summed E-state index contributed by atoms with van der Waals surface area (Å²) in [6.45, 7) is 8.36. The van der Waals surface area contributed by atoms with E-state index in [0.29, 0.717) is 11.3 Å². The fourth-order valence-corrected chi connectivity index (χ4v) is 7.77. The number of phenols is 1. The maximum atomic E-state index is 14.0. The molecule has 42 heavy (non-hydrogen) atoms. The number of nitrogens with zero attached hydrogens (tertiary/aromatic N) is 1. The van der Waals surface area contributed by atoms with Crippen LogP contribution in [0.1, 0.15) is 51.7 Å². The molecule has 1 aromatic rings. The standard InChI is InChI=1S/C30H39N4O8/c1-28(2)10-13(11-29(3,4)33-28)32-15-8-7-12-9-14-17(23(37)16(12)22(15)36)25(39)30(42)19(21(14)35)20(34(5)6)24(38)18(26(30)40)27(31)41/h7-9,13-14,19-21,32-33,35-37,40,42H,10-11H2,1-6H3,(H2,31,41)/t14-,19-,20+,21+,30+/m1/s1. The maximum Gasteiger partial charge on any atom is 0.255 e. The van der Waals surface area contributed by atoms with Crippen LogP contribution in [0.25, 0.3) is 5.76 Å². The van der Waals surface area contributed by atoms with E-state index in [-0.39, 0.29) is 28.4 Å². The molecule has 3 aliphatic carbocycles. The van der Waals surface area contributed by atoms with Gasteiger partial charge in [-0.05, 0) is 66.3 Å². The summed E-state index contributed by atoms with van der Waals surface area (Å²) in [5.41, 5.74) is 1.18. The first kappa shape index (κ1) is 30.0. The van der Waals surface area contributed by atoms with Gasteiger partial charge in [0.05, 0.1) is 29.3 Å². The molecule has 227 valence electrons. The van der Waals surface area contributed by atoms with Gasteiger partial charge in [0.2, 0.25) is 5.78 Å². The number of nitrogens with two attached hydrogens (primary N) is 1. The lowest BCUT2D eigenvalue weighted by molar-refractivity contribution is -0.167. The molecule has 1 aromatic carbocycles. The third-order valence-electron chi connectivity index (χ3n) is 9.01. The molecule has 1 amide bonds. The van der Waals surface area contributed by atoms with E-state index in [0.717, 1.165) is 12.8 Å². The van der Waals surface area contributed by atoms with Gasteiger partial charge in [0.15, 0.2) is 11.4 Å². The Morgan fingerprint density at radius 2 is 1.67 bits per heavy atom. The molecule has 1 saturated heterocycles. The predicted octanol–water partition coefficient (Wildman–Crippen LogP) is 0.666. The number of hydrogen-bond acceptors (Lipinski definition) is 11. The minimum atomic E-state index is -2.95. The SMILES string of the molecule is CN(C)[C@@H]1C(=O)C(C(N)=O)=C(O)[C@@]2(O)C(=O)C3=C(O)c4c(ccc(NC5CC(C)(C)NC(C)(C)C5)c4O)[CH][C@H]3[C@H](O)[C@@H]12. The van der Waals surface area contributed by atoms with E-state index in [1.165, 1.54) is 25.4 Å². The van der Waals surface area contributed by atoms with Crippen LogP contribution in [0.4, 0.5) is 5.69 Å². The van der Waals surface area contributed by atoms with Crippen molar-refractivity contribution in [2.24, 2.45) is 17.6 Å². The molecule has 4 aliphatic rings. The van der Waals surface area contributed by atoms with Crippen molar-refractivity contribution in [3.05, 3.63) is 46.6 Å². The van der Waals surface area contributed by atoms with Crippen molar-refractivity contribution in [1.82, 2.24) is 10.2 Å². The quantitative estimate of drug-likeness (QED) is 0.183. The molecule has 2 fully saturated rings. The van der Waals surface area contributed by atoms with Crippen LogP contribution in [0, 0.1) is 18.3 Å². The molecule has 12 nitrogen and oxygen atoms in total. The highest BCUT2D eigenvalue weighted by Gasteiger charge is 2.67. The number of hydrogen-bond donors (Lipinski definition) is 8. The number of aliphatic hydroxyl groups is 4. The fraction of sp³-hybridized carbons (Fsp3) is 0.533. The fourth-order valence-electron chi connectivity index (χ4n) is 7.77. The molecule has 1 radical (unpaired) electrons. The molecule has 0 bridgehead atoms. The van der Waals surface area contributed by atoms with E-state index >= 15 is 0 Å². The van der Waals surface area contributed by atoms with Gasteiger partial charge in [0.1, 0.15) is 22.8 Å². The zero-order valence-electron chi connectivity index (χ0n) is 24.5. The van der Waals surface area contributed by atoms with E-state index in [4.69, 9.17) is 5.73 Å². The highest BCUT2D eigenvalue weighted by molar-refractivity contribution is 6.24. The molecular formula is C30H39N4O8. The summed E-state index contributed by atoms with van der Waals surface area (Å²) >= 11 is 0. The Balaban J connectivity index is 1.62. The number of carbonyl (C=O) groups excluding carboxylic acids is 3. The second-order valence-corrected chi connectivity index (χ2v) is 13.5. The second kappa shape index (κ2) is 9.53. The van der Waals surface area contributed by atoms with Gasteiger partial charge in [0.25, 0.3) is 5.91 Å². The molecule has 12 heteroatoms. The molecule has 5 atom stereocenters. The number of aliphatic hydroxyl groups excluding tert-OH is 3. The third kappa shape index (κ3) is 4.31. The van der Waals surface area contributed by atoms with E-state index < -0.39 is 69.7 Å². The molecular weight excluding hydrogens is 544 g/mol. The molecule has 5 rings (SSSR count). The Bertz CT molecular complexity index is 1450. The van der Waals surface area contributed by atoms with Gasteiger partial charge in [-0.3, -0.25) is 19.3 Å². The number of benzene rings is 1. The third-order valence-corrected chi connectivity index (χ3v) is 9.01. The summed E-state index contributed by atoms with van der Waals surface area (Å²) in [6.07, 6.45) is 1.30. The van der Waals surface area contributed by atoms with Crippen molar-refractivity contribution >= 4 is 28.9 Å². The number of Topliss-reactive ketones (excluding diaryl/α,β-unsaturated/α-hetero) is 2. The summed E-state index contributed by atoms with van der Waals surface area (Å²) < 4.78 is 0. The van der Waals surface area contributed by atoms with Crippen LogP contribution in [-0.2, 0) is 14.4 Å². The zero-order chi connectivity index (χ0) is 31.3. The Hall–Kier alpha value is -3.45. The number of anilines is 1. The Morgan fingerprint density at radius 3 is 2.21 bits per heavy atom. The van der Waals surface area contributed by atoms with Crippen LogP contribution in [-0.4, -0.2) is 96.9 Å². The summed E-state index contributed by atoms with van der Waals surface area (Å²) in [7, 11) is 2.92. The highest BCUT2D eigenvalue weighted by atomic mass is 16.4. The number of nitrogens with one attached hydrogen (secondary N) is 2. The summed E-state index contributed by atoms with van der Waals surface area (Å²) in [5.74, 6) is -8.60. The largest absolute Gasteiger partial charge is 0.508 e. The van der Waals surface area contributed by atoms with Crippen LogP contribution < -0.4 is 16.4 Å². The Kier molecular flexibility index (Phi) is 6.81. The highest BCUT2D eigenvalue weighted by Crippen LogP contribution is 2.54. The minimum Gasteiger partial charge on any atom is -0.508 e. The average Bonchev–Trinajstić information content (AvgIpc) is 2.83. The normalized spacial score (nSPS) is 32.4. The lowest BCUT2D eigenvalue weighted by atomic mass is 9.56. The number of likely N-dealkylation sites (N-methyl/N-ethyl adjacent to an activating group) is 1. The minimum absolute atomic E-state index is 0.0352. The average molecular weight is 584 g/mol. The van der Waals surface area contributed by atoms with Gasteiger partial charge in [-0.2, -0.15) is 0 Å². The van der Waals surface area contributed by atoms with Crippen molar-refractivity contribution in [1.29, 1.82) is 0 Å². The topological polar surface area (TPSA) is 206 Å². The molecule has 1 aliphatic heterocycles. The number of amides is 1. The molecule has 1 saturated carbocycles. The van der Waals surface area contributed by atoms with Gasteiger partial charge >= 0.3 is 0 Å². The van der Waals surface area contributed by atoms with E-state index in [1.807, 2.05) is 0 Å². The zero-order valence-corrected chi connectivity index (χ0v) is 24.5. The number of fused-ring (bicyclic) bond motifs is 3. The van der Waals surface area contributed by atoms with Gasteiger partial charge in [-0.1, -0.05) is 6.07 Å². The monoisotopic (exact) mass is 583 g/mol. The Morgan fingerprint density at radius 1 is 1.07 bits per heavy atom. The van der Waals surface area contributed by atoms with Crippen LogP contribution in [0.3, 0.4) is 0 Å². The molecule has 0 aromatic heterocycles. The van der Waals surface area contributed by atoms with Crippen molar-refractivity contribution in [3.63, 3.8) is 0 Å².